The number of likely N-dealkylation sites (N-methyl/N-ethyl adjacent to an activating group) is 1. The SMILES string of the molecule is CCNC(=O)[C@@H](C)NC(=O)COC(=O)c1ccc(OCc2csc(C)n2)cc1. The molecule has 9 heteroatoms. The first-order chi connectivity index (χ1) is 13.4. The van der Waals surface area contributed by atoms with Gasteiger partial charge in [-0.2, -0.15) is 0 Å². The Bertz CT molecular complexity index is 819. The van der Waals surface area contributed by atoms with E-state index >= 15 is 0 Å². The fourth-order valence-corrected chi connectivity index (χ4v) is 2.81. The van der Waals surface area contributed by atoms with E-state index in [0.717, 1.165) is 10.7 Å². The lowest BCUT2D eigenvalue weighted by Gasteiger charge is -2.13. The van der Waals surface area contributed by atoms with E-state index in [2.05, 4.69) is 15.6 Å². The predicted octanol–water partition coefficient (Wildman–Crippen LogP) is 1.83. The maximum absolute atomic E-state index is 12.0. The van der Waals surface area contributed by atoms with Gasteiger partial charge in [-0.25, -0.2) is 9.78 Å². The highest BCUT2D eigenvalue weighted by Gasteiger charge is 2.16. The van der Waals surface area contributed by atoms with Crippen molar-refractivity contribution in [3.63, 3.8) is 0 Å². The van der Waals surface area contributed by atoms with E-state index in [0.29, 0.717) is 24.5 Å². The van der Waals surface area contributed by atoms with Crippen molar-refractivity contribution >= 4 is 29.1 Å². The number of aromatic nitrogens is 1. The number of hydrogen-bond acceptors (Lipinski definition) is 7. The summed E-state index contributed by atoms with van der Waals surface area (Å²) in [5, 5.41) is 7.96. The number of hydrogen-bond donors (Lipinski definition) is 2. The summed E-state index contributed by atoms with van der Waals surface area (Å²) >= 11 is 1.55. The molecule has 8 nitrogen and oxygen atoms in total. The molecule has 1 heterocycles. The third kappa shape index (κ3) is 6.66. The Kier molecular flexibility index (Phi) is 7.94. The van der Waals surface area contributed by atoms with Crippen LogP contribution >= 0.6 is 11.3 Å². The van der Waals surface area contributed by atoms with E-state index in [4.69, 9.17) is 9.47 Å². The van der Waals surface area contributed by atoms with Crippen molar-refractivity contribution in [2.75, 3.05) is 13.2 Å². The third-order valence-electron chi connectivity index (χ3n) is 3.60. The Labute approximate surface area is 167 Å². The second-order valence-corrected chi connectivity index (χ2v) is 6.99. The van der Waals surface area contributed by atoms with Gasteiger partial charge in [-0.15, -0.1) is 11.3 Å². The van der Waals surface area contributed by atoms with Gasteiger partial charge in [0.1, 0.15) is 18.4 Å². The summed E-state index contributed by atoms with van der Waals surface area (Å²) in [5.41, 5.74) is 1.14. The molecule has 0 aliphatic heterocycles. The summed E-state index contributed by atoms with van der Waals surface area (Å²) in [5.74, 6) is -0.894. The van der Waals surface area contributed by atoms with E-state index in [9.17, 15) is 14.4 Å². The van der Waals surface area contributed by atoms with E-state index in [1.54, 1.807) is 49.4 Å². The maximum atomic E-state index is 12.0. The number of amides is 2. The molecule has 0 bridgehead atoms. The van der Waals surface area contributed by atoms with Gasteiger partial charge < -0.3 is 20.1 Å². The Balaban J connectivity index is 1.77. The molecule has 150 valence electrons. The smallest absolute Gasteiger partial charge is 0.338 e. The van der Waals surface area contributed by atoms with Crippen molar-refractivity contribution < 1.29 is 23.9 Å². The normalized spacial score (nSPS) is 11.4. The Morgan fingerprint density at radius 2 is 1.93 bits per heavy atom. The van der Waals surface area contributed by atoms with Gasteiger partial charge in [0.05, 0.1) is 16.3 Å². The molecular weight excluding hydrogens is 382 g/mol. The first-order valence-electron chi connectivity index (χ1n) is 8.77. The van der Waals surface area contributed by atoms with Crippen LogP contribution in [0.25, 0.3) is 0 Å². The number of carbonyl (C=O) groups is 3. The number of benzene rings is 1. The highest BCUT2D eigenvalue weighted by molar-refractivity contribution is 7.09. The van der Waals surface area contributed by atoms with Gasteiger partial charge in [-0.3, -0.25) is 9.59 Å². The zero-order valence-corrected chi connectivity index (χ0v) is 16.8. The molecule has 0 aliphatic rings. The third-order valence-corrected chi connectivity index (χ3v) is 4.42. The van der Waals surface area contributed by atoms with Crippen LogP contribution in [-0.4, -0.2) is 42.0 Å². The van der Waals surface area contributed by atoms with Crippen molar-refractivity contribution in [3.8, 4) is 5.75 Å². The second kappa shape index (κ2) is 10.4. The standard InChI is InChI=1S/C19H23N3O5S/c1-4-20-18(24)12(2)21-17(23)10-27-19(25)14-5-7-16(8-6-14)26-9-15-11-28-13(3)22-15/h5-8,11-12H,4,9-10H2,1-3H3,(H,20,24)(H,21,23)/t12-/m1/s1. The average molecular weight is 405 g/mol. The van der Waals surface area contributed by atoms with E-state index in [1.807, 2.05) is 12.3 Å². The second-order valence-electron chi connectivity index (χ2n) is 5.93. The van der Waals surface area contributed by atoms with E-state index in [-0.39, 0.29) is 5.91 Å². The van der Waals surface area contributed by atoms with Gasteiger partial charge in [0, 0.05) is 11.9 Å². The monoisotopic (exact) mass is 405 g/mol. The molecule has 0 unspecified atom stereocenters. The van der Waals surface area contributed by atoms with Crippen LogP contribution < -0.4 is 15.4 Å². The number of esters is 1. The van der Waals surface area contributed by atoms with Crippen molar-refractivity contribution in [1.82, 2.24) is 15.6 Å². The zero-order valence-electron chi connectivity index (χ0n) is 16.0. The fourth-order valence-electron chi connectivity index (χ4n) is 2.21. The van der Waals surface area contributed by atoms with Gasteiger partial charge in [0.25, 0.3) is 5.91 Å². The van der Waals surface area contributed by atoms with Crippen molar-refractivity contribution in [2.24, 2.45) is 0 Å². The Morgan fingerprint density at radius 1 is 1.21 bits per heavy atom. The van der Waals surface area contributed by atoms with Crippen molar-refractivity contribution in [2.45, 2.75) is 33.4 Å². The molecular formula is C19H23N3O5S. The van der Waals surface area contributed by atoms with Gasteiger partial charge >= 0.3 is 5.97 Å². The molecule has 28 heavy (non-hydrogen) atoms. The lowest BCUT2D eigenvalue weighted by molar-refractivity contribution is -0.130. The first-order valence-corrected chi connectivity index (χ1v) is 9.65. The minimum atomic E-state index is -0.705. The summed E-state index contributed by atoms with van der Waals surface area (Å²) in [4.78, 5) is 39.7. The number of ether oxygens (including phenoxy) is 2. The molecule has 2 aromatic rings. The number of carbonyl (C=O) groups excluding carboxylic acids is 3. The molecule has 0 saturated heterocycles. The summed E-state index contributed by atoms with van der Waals surface area (Å²) in [6.45, 7) is 5.61. The fraction of sp³-hybridized carbons (Fsp3) is 0.368. The molecule has 0 spiro atoms. The number of thiazole rings is 1. The largest absolute Gasteiger partial charge is 0.487 e. The van der Waals surface area contributed by atoms with Gasteiger partial charge in [0.2, 0.25) is 5.91 Å². The summed E-state index contributed by atoms with van der Waals surface area (Å²) in [6, 6.07) is 5.70. The quantitative estimate of drug-likeness (QED) is 0.617. The van der Waals surface area contributed by atoms with Crippen LogP contribution in [0.15, 0.2) is 29.6 Å². The maximum Gasteiger partial charge on any atom is 0.338 e. The summed E-state index contributed by atoms with van der Waals surface area (Å²) in [7, 11) is 0. The van der Waals surface area contributed by atoms with Crippen LogP contribution in [0.3, 0.4) is 0 Å². The van der Waals surface area contributed by atoms with Gasteiger partial charge in [0.15, 0.2) is 6.61 Å². The van der Waals surface area contributed by atoms with E-state index < -0.39 is 24.5 Å². The lowest BCUT2D eigenvalue weighted by atomic mass is 10.2. The first kappa shape index (κ1) is 21.4. The van der Waals surface area contributed by atoms with Crippen molar-refractivity contribution in [1.29, 1.82) is 0 Å². The van der Waals surface area contributed by atoms with Crippen LogP contribution in [-0.2, 0) is 20.9 Å². The van der Waals surface area contributed by atoms with Gasteiger partial charge in [-0.1, -0.05) is 0 Å². The molecule has 0 aliphatic carbocycles. The molecule has 1 aromatic carbocycles. The molecule has 2 rings (SSSR count). The molecule has 2 amide bonds. The summed E-state index contributed by atoms with van der Waals surface area (Å²) in [6.07, 6.45) is 0. The number of nitrogens with one attached hydrogen (secondary N) is 2. The van der Waals surface area contributed by atoms with Crippen LogP contribution in [0.1, 0.15) is 34.9 Å². The van der Waals surface area contributed by atoms with Crippen LogP contribution in [0.4, 0.5) is 0 Å². The minimum absolute atomic E-state index is 0.293. The molecule has 0 fully saturated rings. The van der Waals surface area contributed by atoms with Crippen LogP contribution in [0, 0.1) is 6.92 Å². The predicted molar refractivity (Wildman–Crippen MR) is 104 cm³/mol. The van der Waals surface area contributed by atoms with E-state index in [1.165, 1.54) is 0 Å². The average Bonchev–Trinajstić information content (AvgIpc) is 3.10. The number of aryl methyl sites for hydroxylation is 1. The molecule has 2 N–H and O–H groups in total. The van der Waals surface area contributed by atoms with Crippen LogP contribution in [0.2, 0.25) is 0 Å². The van der Waals surface area contributed by atoms with Crippen LogP contribution in [0.5, 0.6) is 5.75 Å². The number of nitrogens with zero attached hydrogens (tertiary/aromatic N) is 1. The van der Waals surface area contributed by atoms with Crippen molar-refractivity contribution in [3.05, 3.63) is 45.9 Å². The highest BCUT2D eigenvalue weighted by Crippen LogP contribution is 2.16. The zero-order chi connectivity index (χ0) is 20.5. The molecule has 0 saturated carbocycles. The summed E-state index contributed by atoms with van der Waals surface area (Å²) < 4.78 is 10.6. The topological polar surface area (TPSA) is 107 Å². The van der Waals surface area contributed by atoms with Gasteiger partial charge in [-0.05, 0) is 45.0 Å². The highest BCUT2D eigenvalue weighted by atomic mass is 32.1. The molecule has 0 radical (unpaired) electrons. The number of rotatable bonds is 9. The molecule has 1 aromatic heterocycles. The Morgan fingerprint density at radius 3 is 2.54 bits per heavy atom. The minimum Gasteiger partial charge on any atom is -0.487 e. The lowest BCUT2D eigenvalue weighted by Crippen LogP contribution is -2.46. The Hall–Kier alpha value is -2.94. The molecule has 1 atom stereocenters.